The van der Waals surface area contributed by atoms with Crippen molar-refractivity contribution in [2.75, 3.05) is 0 Å². The number of hydrogen-bond donors (Lipinski definition) is 1. The zero-order valence-electron chi connectivity index (χ0n) is 11.1. The molecular formula is C16H14N2O2. The van der Waals surface area contributed by atoms with Crippen molar-refractivity contribution in [3.8, 4) is 5.75 Å². The Morgan fingerprint density at radius 2 is 1.95 bits per heavy atom. The van der Waals surface area contributed by atoms with E-state index in [1.807, 2.05) is 31.2 Å². The van der Waals surface area contributed by atoms with Gasteiger partial charge in [-0.1, -0.05) is 29.8 Å². The highest BCUT2D eigenvalue weighted by atomic mass is 16.3. The smallest absolute Gasteiger partial charge is 0.256 e. The molecule has 0 bridgehead atoms. The molecule has 0 saturated heterocycles. The number of benzene rings is 1. The maximum atomic E-state index is 12.1. The number of aromatic nitrogens is 2. The van der Waals surface area contributed by atoms with Gasteiger partial charge >= 0.3 is 0 Å². The van der Waals surface area contributed by atoms with Crippen LogP contribution in [0.15, 0.2) is 53.5 Å². The molecule has 1 N–H and O–H groups in total. The van der Waals surface area contributed by atoms with Gasteiger partial charge in [0.2, 0.25) is 0 Å². The Labute approximate surface area is 116 Å². The van der Waals surface area contributed by atoms with E-state index in [2.05, 4.69) is 4.98 Å². The van der Waals surface area contributed by atoms with Crippen LogP contribution in [0.1, 0.15) is 11.1 Å². The molecule has 0 radical (unpaired) electrons. The Bertz CT molecular complexity index is 820. The second-order valence-corrected chi connectivity index (χ2v) is 4.81. The van der Waals surface area contributed by atoms with E-state index in [1.165, 1.54) is 11.6 Å². The van der Waals surface area contributed by atoms with Gasteiger partial charge in [-0.25, -0.2) is 4.98 Å². The van der Waals surface area contributed by atoms with Gasteiger partial charge in [-0.15, -0.1) is 0 Å². The summed E-state index contributed by atoms with van der Waals surface area (Å²) < 4.78 is 1.57. The third-order valence-corrected chi connectivity index (χ3v) is 3.31. The predicted molar refractivity (Wildman–Crippen MR) is 77.9 cm³/mol. The van der Waals surface area contributed by atoms with Crippen molar-refractivity contribution in [1.82, 2.24) is 9.55 Å². The van der Waals surface area contributed by atoms with Gasteiger partial charge in [0.15, 0.2) is 0 Å². The van der Waals surface area contributed by atoms with Crippen LogP contribution in [0.2, 0.25) is 0 Å². The molecule has 3 aromatic rings. The topological polar surface area (TPSA) is 55.1 Å². The molecule has 3 rings (SSSR count). The van der Waals surface area contributed by atoms with Gasteiger partial charge in [0.25, 0.3) is 5.56 Å². The van der Waals surface area contributed by atoms with E-state index >= 15 is 0 Å². The minimum atomic E-state index is -0.255. The average Bonchev–Trinajstić information content (AvgIpc) is 2.45. The first-order valence-electron chi connectivity index (χ1n) is 6.38. The fraction of sp³-hybridized carbons (Fsp3) is 0.125. The normalized spacial score (nSPS) is 10.8. The molecule has 2 heterocycles. The highest BCUT2D eigenvalue weighted by Gasteiger charge is 2.09. The second kappa shape index (κ2) is 4.81. The van der Waals surface area contributed by atoms with Crippen molar-refractivity contribution in [1.29, 1.82) is 0 Å². The molecule has 0 amide bonds. The van der Waals surface area contributed by atoms with Crippen LogP contribution in [0.5, 0.6) is 5.75 Å². The standard InChI is InChI=1S/C16H14N2O2/c1-11-4-6-12(7-5-11)10-18-15(20)9-14(19)13-3-2-8-17-16(13)18/h2-9,19H,10H2,1H3. The first kappa shape index (κ1) is 12.4. The molecule has 100 valence electrons. The van der Waals surface area contributed by atoms with Crippen LogP contribution in [0.3, 0.4) is 0 Å². The number of rotatable bonds is 2. The number of hydrogen-bond acceptors (Lipinski definition) is 3. The van der Waals surface area contributed by atoms with Gasteiger partial charge in [-0.2, -0.15) is 0 Å². The lowest BCUT2D eigenvalue weighted by Gasteiger charge is -2.10. The molecule has 4 heteroatoms. The fourth-order valence-electron chi connectivity index (χ4n) is 2.22. The molecule has 0 aliphatic carbocycles. The molecule has 0 spiro atoms. The minimum Gasteiger partial charge on any atom is -0.507 e. The first-order valence-corrected chi connectivity index (χ1v) is 6.38. The summed E-state index contributed by atoms with van der Waals surface area (Å²) in [5.74, 6) is -0.0294. The van der Waals surface area contributed by atoms with Crippen LogP contribution < -0.4 is 5.56 Å². The highest BCUT2D eigenvalue weighted by Crippen LogP contribution is 2.20. The lowest BCUT2D eigenvalue weighted by molar-refractivity contribution is 0.479. The van der Waals surface area contributed by atoms with Crippen molar-refractivity contribution in [3.05, 3.63) is 70.1 Å². The first-order chi connectivity index (χ1) is 9.65. The van der Waals surface area contributed by atoms with Crippen molar-refractivity contribution in [3.63, 3.8) is 0 Å². The molecule has 0 unspecified atom stereocenters. The van der Waals surface area contributed by atoms with Crippen LogP contribution in [-0.4, -0.2) is 14.7 Å². The SMILES string of the molecule is Cc1ccc(Cn2c(=O)cc(O)c3cccnc32)cc1. The summed E-state index contributed by atoms with van der Waals surface area (Å²) in [5.41, 5.74) is 2.44. The summed E-state index contributed by atoms with van der Waals surface area (Å²) in [4.78, 5) is 16.3. The van der Waals surface area contributed by atoms with Gasteiger partial charge in [0, 0.05) is 12.3 Å². The van der Waals surface area contributed by atoms with E-state index in [0.717, 1.165) is 5.56 Å². The zero-order valence-corrected chi connectivity index (χ0v) is 11.1. The third kappa shape index (κ3) is 2.16. The van der Waals surface area contributed by atoms with Crippen molar-refractivity contribution in [2.45, 2.75) is 13.5 Å². The minimum absolute atomic E-state index is 0.0294. The number of pyridine rings is 2. The van der Waals surface area contributed by atoms with E-state index in [1.54, 1.807) is 22.9 Å². The van der Waals surface area contributed by atoms with Crippen LogP contribution in [0.25, 0.3) is 11.0 Å². The van der Waals surface area contributed by atoms with Crippen molar-refractivity contribution in [2.24, 2.45) is 0 Å². The van der Waals surface area contributed by atoms with Crippen molar-refractivity contribution >= 4 is 11.0 Å². The molecule has 0 aliphatic rings. The molecular weight excluding hydrogens is 252 g/mol. The van der Waals surface area contributed by atoms with Crippen LogP contribution >= 0.6 is 0 Å². The summed E-state index contributed by atoms with van der Waals surface area (Å²) in [5, 5.41) is 10.4. The van der Waals surface area contributed by atoms with E-state index in [4.69, 9.17) is 0 Å². The summed E-state index contributed by atoms with van der Waals surface area (Å²) in [6.45, 7) is 2.46. The van der Waals surface area contributed by atoms with Crippen molar-refractivity contribution < 1.29 is 5.11 Å². The van der Waals surface area contributed by atoms with Crippen LogP contribution in [0.4, 0.5) is 0 Å². The molecule has 0 aliphatic heterocycles. The quantitative estimate of drug-likeness (QED) is 0.775. The second-order valence-electron chi connectivity index (χ2n) is 4.81. The lowest BCUT2D eigenvalue weighted by atomic mass is 10.1. The average molecular weight is 266 g/mol. The maximum Gasteiger partial charge on any atom is 0.256 e. The van der Waals surface area contributed by atoms with E-state index in [9.17, 15) is 9.90 Å². The summed E-state index contributed by atoms with van der Waals surface area (Å²) in [6, 6.07) is 12.7. The van der Waals surface area contributed by atoms with Crippen LogP contribution in [0, 0.1) is 6.92 Å². The van der Waals surface area contributed by atoms with E-state index in [-0.39, 0.29) is 11.3 Å². The Morgan fingerprint density at radius 1 is 1.20 bits per heavy atom. The Kier molecular flexibility index (Phi) is 2.99. The zero-order chi connectivity index (χ0) is 14.1. The number of aromatic hydroxyl groups is 1. The molecule has 0 saturated carbocycles. The van der Waals surface area contributed by atoms with Crippen LogP contribution in [-0.2, 0) is 6.54 Å². The number of nitrogens with zero attached hydrogens (tertiary/aromatic N) is 2. The summed E-state index contributed by atoms with van der Waals surface area (Å²) in [6.07, 6.45) is 1.62. The van der Waals surface area contributed by atoms with Gasteiger partial charge in [-0.05, 0) is 24.6 Å². The molecule has 1 aromatic carbocycles. The Balaban J connectivity index is 2.16. The Morgan fingerprint density at radius 3 is 2.70 bits per heavy atom. The number of aryl methyl sites for hydroxylation is 1. The maximum absolute atomic E-state index is 12.1. The predicted octanol–water partition coefficient (Wildman–Crippen LogP) is 2.46. The monoisotopic (exact) mass is 266 g/mol. The largest absolute Gasteiger partial charge is 0.507 e. The lowest BCUT2D eigenvalue weighted by Crippen LogP contribution is -2.20. The van der Waals surface area contributed by atoms with Gasteiger partial charge < -0.3 is 5.11 Å². The molecule has 0 fully saturated rings. The van der Waals surface area contributed by atoms with Gasteiger partial charge in [0.05, 0.1) is 11.9 Å². The Hall–Kier alpha value is -2.62. The summed E-state index contributed by atoms with van der Waals surface area (Å²) in [7, 11) is 0. The summed E-state index contributed by atoms with van der Waals surface area (Å²) >= 11 is 0. The fourth-order valence-corrected chi connectivity index (χ4v) is 2.22. The molecule has 20 heavy (non-hydrogen) atoms. The van der Waals surface area contributed by atoms with E-state index in [0.29, 0.717) is 17.6 Å². The molecule has 4 nitrogen and oxygen atoms in total. The van der Waals surface area contributed by atoms with Gasteiger partial charge in [0.1, 0.15) is 11.4 Å². The number of fused-ring (bicyclic) bond motifs is 1. The van der Waals surface area contributed by atoms with Gasteiger partial charge in [-0.3, -0.25) is 9.36 Å². The third-order valence-electron chi connectivity index (χ3n) is 3.31. The molecule has 0 atom stereocenters. The molecule has 2 aromatic heterocycles. The highest BCUT2D eigenvalue weighted by molar-refractivity contribution is 5.81. The van der Waals surface area contributed by atoms with E-state index < -0.39 is 0 Å².